The maximum absolute atomic E-state index is 13.0. The third kappa shape index (κ3) is 4.01. The predicted molar refractivity (Wildman–Crippen MR) is 100 cm³/mol. The molecule has 24 heavy (non-hydrogen) atoms. The Hall–Kier alpha value is -0.910. The summed E-state index contributed by atoms with van der Waals surface area (Å²) in [6.45, 7) is 16.4. The Morgan fingerprint density at radius 1 is 0.958 bits per heavy atom. The fraction of sp³-hybridized carbons (Fsp3) is 0.684. The minimum absolute atomic E-state index is 0.0671. The van der Waals surface area contributed by atoms with E-state index in [2.05, 4.69) is 37.7 Å². The van der Waals surface area contributed by atoms with Crippen LogP contribution in [0.3, 0.4) is 0 Å². The number of rotatable bonds is 3. The van der Waals surface area contributed by atoms with Crippen molar-refractivity contribution < 1.29 is 8.42 Å². The molecule has 1 heterocycles. The monoisotopic (exact) mass is 352 g/mol. The van der Waals surface area contributed by atoms with Crippen molar-refractivity contribution in [2.24, 2.45) is 0 Å². The molecule has 0 unspecified atom stereocenters. The standard InChI is InChI=1S/C19H32N2O2S/c1-12-9-17(15(4)14(3)13(12)2)24(22,23)20-16-10-18(5,6)21-19(7,8)11-16/h9,16,20-21H,10-11H2,1-8H3. The van der Waals surface area contributed by atoms with Gasteiger partial charge in [-0.05, 0) is 96.6 Å². The number of benzene rings is 1. The van der Waals surface area contributed by atoms with Gasteiger partial charge in [0.1, 0.15) is 0 Å². The van der Waals surface area contributed by atoms with Gasteiger partial charge in [0.25, 0.3) is 0 Å². The number of hydrogen-bond acceptors (Lipinski definition) is 3. The zero-order chi connectivity index (χ0) is 18.5. The van der Waals surface area contributed by atoms with Gasteiger partial charge in [0.15, 0.2) is 0 Å². The van der Waals surface area contributed by atoms with Gasteiger partial charge in [-0.3, -0.25) is 0 Å². The summed E-state index contributed by atoms with van der Waals surface area (Å²) in [6.07, 6.45) is 1.55. The summed E-state index contributed by atoms with van der Waals surface area (Å²) >= 11 is 0. The van der Waals surface area contributed by atoms with Crippen molar-refractivity contribution in [3.8, 4) is 0 Å². The highest BCUT2D eigenvalue weighted by Gasteiger charge is 2.39. The Kier molecular flexibility index (Phi) is 4.95. The van der Waals surface area contributed by atoms with E-state index in [-0.39, 0.29) is 17.1 Å². The van der Waals surface area contributed by atoms with Crippen LogP contribution in [0.5, 0.6) is 0 Å². The van der Waals surface area contributed by atoms with Gasteiger partial charge in [0.2, 0.25) is 10.0 Å². The van der Waals surface area contributed by atoms with Gasteiger partial charge in [-0.1, -0.05) is 0 Å². The molecule has 0 radical (unpaired) electrons. The van der Waals surface area contributed by atoms with Crippen LogP contribution in [0.4, 0.5) is 0 Å². The lowest BCUT2D eigenvalue weighted by atomic mass is 9.80. The van der Waals surface area contributed by atoms with Gasteiger partial charge in [-0.2, -0.15) is 0 Å². The first-order valence-corrected chi connectivity index (χ1v) is 10.1. The second kappa shape index (κ2) is 6.11. The number of hydrogen-bond donors (Lipinski definition) is 2. The van der Waals surface area contributed by atoms with Gasteiger partial charge < -0.3 is 5.32 Å². The van der Waals surface area contributed by atoms with Crippen LogP contribution in [0.1, 0.15) is 62.8 Å². The maximum Gasteiger partial charge on any atom is 0.241 e. The van der Waals surface area contributed by atoms with E-state index in [9.17, 15) is 8.42 Å². The largest absolute Gasteiger partial charge is 0.307 e. The Morgan fingerprint density at radius 2 is 1.46 bits per heavy atom. The molecule has 4 nitrogen and oxygen atoms in total. The number of aryl methyl sites for hydroxylation is 1. The van der Waals surface area contributed by atoms with Crippen LogP contribution in [0, 0.1) is 27.7 Å². The fourth-order valence-corrected chi connectivity index (χ4v) is 5.76. The highest BCUT2D eigenvalue weighted by molar-refractivity contribution is 7.89. The highest BCUT2D eigenvalue weighted by Crippen LogP contribution is 2.30. The van der Waals surface area contributed by atoms with Gasteiger partial charge in [-0.25, -0.2) is 13.1 Å². The minimum atomic E-state index is -3.53. The van der Waals surface area contributed by atoms with Gasteiger partial charge >= 0.3 is 0 Å². The van der Waals surface area contributed by atoms with E-state index in [1.54, 1.807) is 6.07 Å². The van der Waals surface area contributed by atoms with Gasteiger partial charge in [-0.15, -0.1) is 0 Å². The molecule has 1 fully saturated rings. The normalized spacial score (nSPS) is 21.0. The quantitative estimate of drug-likeness (QED) is 0.875. The van der Waals surface area contributed by atoms with Crippen LogP contribution >= 0.6 is 0 Å². The molecule has 2 rings (SSSR count). The summed E-state index contributed by atoms with van der Waals surface area (Å²) in [5.41, 5.74) is 3.89. The summed E-state index contributed by atoms with van der Waals surface area (Å²) in [5, 5.41) is 3.59. The average Bonchev–Trinajstić information content (AvgIpc) is 2.35. The molecule has 0 aromatic heterocycles. The van der Waals surface area contributed by atoms with E-state index in [0.717, 1.165) is 35.1 Å². The second-order valence-electron chi connectivity index (χ2n) is 8.69. The third-order valence-corrected chi connectivity index (χ3v) is 6.88. The molecule has 1 aromatic rings. The Balaban J connectivity index is 2.36. The number of sulfonamides is 1. The van der Waals surface area contributed by atoms with Crippen molar-refractivity contribution in [1.29, 1.82) is 0 Å². The van der Waals surface area contributed by atoms with Gasteiger partial charge in [0.05, 0.1) is 4.90 Å². The predicted octanol–water partition coefficient (Wildman–Crippen LogP) is 3.51. The lowest BCUT2D eigenvalue weighted by Crippen LogP contribution is -2.62. The van der Waals surface area contributed by atoms with Crippen LogP contribution in [0.2, 0.25) is 0 Å². The molecular weight excluding hydrogens is 320 g/mol. The third-order valence-electron chi connectivity index (χ3n) is 5.24. The summed E-state index contributed by atoms with van der Waals surface area (Å²) in [5.74, 6) is 0. The van der Waals surface area contributed by atoms with E-state index < -0.39 is 10.0 Å². The van der Waals surface area contributed by atoms with Crippen LogP contribution in [-0.2, 0) is 10.0 Å². The molecule has 136 valence electrons. The topological polar surface area (TPSA) is 58.2 Å². The first-order chi connectivity index (χ1) is 10.7. The van der Waals surface area contributed by atoms with Crippen molar-refractivity contribution in [1.82, 2.24) is 10.0 Å². The summed E-state index contributed by atoms with van der Waals surface area (Å²) < 4.78 is 29.0. The lowest BCUT2D eigenvalue weighted by Gasteiger charge is -2.46. The van der Waals surface area contributed by atoms with Crippen molar-refractivity contribution >= 4 is 10.0 Å². The SMILES string of the molecule is Cc1cc(S(=O)(=O)NC2CC(C)(C)NC(C)(C)C2)c(C)c(C)c1C. The molecule has 2 N–H and O–H groups in total. The molecule has 1 aliphatic rings. The smallest absolute Gasteiger partial charge is 0.241 e. The fourth-order valence-electron chi connectivity index (χ4n) is 4.14. The molecule has 1 aliphatic heterocycles. The number of piperidine rings is 1. The van der Waals surface area contributed by atoms with E-state index in [1.165, 1.54) is 0 Å². The van der Waals surface area contributed by atoms with E-state index >= 15 is 0 Å². The van der Waals surface area contributed by atoms with Crippen LogP contribution in [0.25, 0.3) is 0 Å². The molecule has 1 aromatic carbocycles. The first-order valence-electron chi connectivity index (χ1n) is 8.63. The van der Waals surface area contributed by atoms with E-state index in [0.29, 0.717) is 4.90 Å². The molecule has 0 amide bonds. The zero-order valence-corrected chi connectivity index (χ0v) is 17.1. The molecule has 0 atom stereocenters. The molecule has 0 saturated carbocycles. The molecule has 5 heteroatoms. The average molecular weight is 353 g/mol. The Labute approximate surface area is 147 Å². The molecular formula is C19H32N2O2S. The van der Waals surface area contributed by atoms with Crippen molar-refractivity contribution in [2.75, 3.05) is 0 Å². The zero-order valence-electron chi connectivity index (χ0n) is 16.3. The summed E-state index contributed by atoms with van der Waals surface area (Å²) in [6, 6.07) is 1.74. The van der Waals surface area contributed by atoms with Crippen molar-refractivity contribution in [3.63, 3.8) is 0 Å². The Morgan fingerprint density at radius 3 is 1.96 bits per heavy atom. The van der Waals surface area contributed by atoms with Crippen LogP contribution < -0.4 is 10.0 Å². The van der Waals surface area contributed by atoms with Gasteiger partial charge in [0, 0.05) is 17.1 Å². The lowest BCUT2D eigenvalue weighted by molar-refractivity contribution is 0.157. The minimum Gasteiger partial charge on any atom is -0.307 e. The maximum atomic E-state index is 13.0. The van der Waals surface area contributed by atoms with E-state index in [1.807, 2.05) is 27.7 Å². The molecule has 0 aliphatic carbocycles. The Bertz CT molecular complexity index is 733. The van der Waals surface area contributed by atoms with Crippen LogP contribution in [0.15, 0.2) is 11.0 Å². The summed E-state index contributed by atoms with van der Waals surface area (Å²) in [7, 11) is -3.53. The highest BCUT2D eigenvalue weighted by atomic mass is 32.2. The van der Waals surface area contributed by atoms with E-state index in [4.69, 9.17) is 0 Å². The molecule has 0 spiro atoms. The van der Waals surface area contributed by atoms with Crippen LogP contribution in [-0.4, -0.2) is 25.5 Å². The summed E-state index contributed by atoms with van der Waals surface area (Å²) in [4.78, 5) is 0.414. The molecule has 0 bridgehead atoms. The first kappa shape index (κ1) is 19.4. The second-order valence-corrected chi connectivity index (χ2v) is 10.4. The molecule has 1 saturated heterocycles. The van der Waals surface area contributed by atoms with Crippen molar-refractivity contribution in [2.45, 2.75) is 90.2 Å². The number of nitrogens with one attached hydrogen (secondary N) is 2. The van der Waals surface area contributed by atoms with Crippen molar-refractivity contribution in [3.05, 3.63) is 28.3 Å².